The Kier molecular flexibility index (Phi) is 43.4. The van der Waals surface area contributed by atoms with E-state index in [0.717, 1.165) is 0 Å². The Balaban J connectivity index is -0.0000000245. The van der Waals surface area contributed by atoms with Crippen molar-refractivity contribution in [3.63, 3.8) is 0 Å². The molecule has 0 aromatic carbocycles. The second-order valence-electron chi connectivity index (χ2n) is 1.84. The maximum absolute atomic E-state index is 11.7. The van der Waals surface area contributed by atoms with Crippen molar-refractivity contribution in [2.75, 3.05) is 0 Å². The van der Waals surface area contributed by atoms with Gasteiger partial charge in [0.15, 0.2) is 0 Å². The number of hydrogen-bond acceptors (Lipinski definition) is 1. The zero-order valence-electron chi connectivity index (χ0n) is 8.12. The summed E-state index contributed by atoms with van der Waals surface area (Å²) in [5.41, 5.74) is 0. The van der Waals surface area contributed by atoms with Crippen LogP contribution in [0.1, 0.15) is 13.8 Å². The third kappa shape index (κ3) is 10.8. The quantitative estimate of drug-likeness (QED) is 0.421. The van der Waals surface area contributed by atoms with Gasteiger partial charge >= 0.3 is 5.92 Å². The number of alkyl halides is 3. The molecule has 0 aliphatic carbocycles. The van der Waals surface area contributed by atoms with Crippen LogP contribution in [-0.2, 0) is 0 Å². The van der Waals surface area contributed by atoms with Crippen LogP contribution in [0.15, 0.2) is 0 Å². The predicted molar refractivity (Wildman–Crippen MR) is 22.4 cm³/mol. The van der Waals surface area contributed by atoms with Gasteiger partial charge in [-0.3, -0.25) is 0 Å². The van der Waals surface area contributed by atoms with Crippen LogP contribution in [0.2, 0.25) is 0 Å². The Morgan fingerprint density at radius 2 is 0.846 bits per heavy atom. The van der Waals surface area contributed by atoms with Crippen molar-refractivity contribution >= 4 is 0 Å². The second-order valence-corrected chi connectivity index (χ2v) is 1.84. The standard InChI is InChI=1S/C4H7F3O.5Rf/c1-3(5,6)4(2,7)8;;;;;/h8H,1-2H3;;;;;. The first-order valence-electron chi connectivity index (χ1n) is 2.04. The van der Waals surface area contributed by atoms with Gasteiger partial charge in [-0.1, -0.05) is 0 Å². The molecule has 0 radical (unpaired) electrons. The fourth-order valence-electron chi connectivity index (χ4n) is 0. The summed E-state index contributed by atoms with van der Waals surface area (Å²) in [7, 11) is 0. The molecular formula is C4H7F3ORf5. The topological polar surface area (TPSA) is 20.2 Å². The van der Waals surface area contributed by atoms with Gasteiger partial charge in [0.05, 0.1) is 0 Å². The molecule has 9 heteroatoms. The fourth-order valence-corrected chi connectivity index (χ4v) is 0. The van der Waals surface area contributed by atoms with Crippen molar-refractivity contribution < 1.29 is 18.3 Å². The van der Waals surface area contributed by atoms with Crippen molar-refractivity contribution in [2.45, 2.75) is 25.6 Å². The SMILES string of the molecule is CC(O)(F)C(C)(F)F.[Rf].[Rf].[Rf].[Rf].[Rf]. The number of hydrogen-bond donors (Lipinski definition) is 1. The molecule has 1 unspecified atom stereocenters. The van der Waals surface area contributed by atoms with E-state index in [2.05, 4.69) is 0 Å². The molecule has 0 rings (SSSR count). The maximum atomic E-state index is 11.7. The minimum absolute atomic E-state index is 0. The fraction of sp³-hybridized carbons (Fsp3) is 1.00. The molecule has 0 amide bonds. The van der Waals surface area contributed by atoms with E-state index >= 15 is 0 Å². The van der Waals surface area contributed by atoms with Gasteiger partial charge in [0.2, 0.25) is 0 Å². The molecule has 60 valence electrons. The van der Waals surface area contributed by atoms with E-state index in [-0.39, 0.29) is 0 Å². The van der Waals surface area contributed by atoms with E-state index in [9.17, 15) is 13.2 Å². The van der Waals surface area contributed by atoms with Crippen LogP contribution in [0.4, 0.5) is 13.2 Å². The molecule has 0 saturated carbocycles. The number of halogens is 3. The molecule has 0 aliphatic rings. The summed E-state index contributed by atoms with van der Waals surface area (Å²) in [5.74, 6) is -7.07. The first-order valence-corrected chi connectivity index (χ1v) is 2.04. The minimum atomic E-state index is -3.67. The molecule has 13 heavy (non-hydrogen) atoms. The largest absolute Gasteiger partial charge is 0.357 e. The Morgan fingerprint density at radius 3 is 0.846 bits per heavy atom. The molecule has 0 spiro atoms. The molecule has 0 aromatic rings. The number of rotatable bonds is 1. The van der Waals surface area contributed by atoms with Gasteiger partial charge in [-0.2, -0.15) is 0 Å². The van der Waals surface area contributed by atoms with Crippen LogP contribution in [-0.4, -0.2) is 16.9 Å². The summed E-state index contributed by atoms with van der Waals surface area (Å²) in [6.07, 6.45) is 0. The molecular weight excluding hydrogens is 1460 g/mol. The van der Waals surface area contributed by atoms with Gasteiger partial charge in [0.25, 0.3) is 5.85 Å². The third-order valence-corrected chi connectivity index (χ3v) is 0.801. The normalized spacial score (nSPS) is 12.5. The van der Waals surface area contributed by atoms with E-state index in [1.165, 1.54) is 0 Å². The molecule has 1 nitrogen and oxygen atoms in total. The summed E-state index contributed by atoms with van der Waals surface area (Å²) >= 11 is 0. The number of aliphatic hydroxyl groups is 1. The predicted octanol–water partition coefficient (Wildman–Crippen LogP) is 1.32. The van der Waals surface area contributed by atoms with Gasteiger partial charge in [-0.25, -0.2) is 13.2 Å². The monoisotopic (exact) mass is 1460 g/mol. The van der Waals surface area contributed by atoms with Crippen LogP contribution in [0.5, 0.6) is 0 Å². The van der Waals surface area contributed by atoms with Gasteiger partial charge in [0.1, 0.15) is 0 Å². The molecule has 0 aliphatic heterocycles. The van der Waals surface area contributed by atoms with Crippen LogP contribution >= 0.6 is 0 Å². The Hall–Kier alpha value is -5.25. The average molecular weight is 1460 g/mol. The summed E-state index contributed by atoms with van der Waals surface area (Å²) in [4.78, 5) is 0. The molecule has 0 fully saturated rings. The van der Waals surface area contributed by atoms with Crippen molar-refractivity contribution in [1.82, 2.24) is 0 Å². The summed E-state index contributed by atoms with van der Waals surface area (Å²) in [6.45, 7) is 0.722. The van der Waals surface area contributed by atoms with E-state index in [1.54, 1.807) is 0 Å². The average Bonchev–Trinajstić information content (AvgIpc) is 1.25. The maximum Gasteiger partial charge on any atom is 0.302 e. The zero-order chi connectivity index (χ0) is 7.00. The van der Waals surface area contributed by atoms with E-state index in [1.807, 2.05) is 0 Å². The Morgan fingerprint density at radius 1 is 0.769 bits per heavy atom. The minimum Gasteiger partial charge on any atom is -0.357 e. The molecule has 0 bridgehead atoms. The first kappa shape index (κ1) is 115. The third-order valence-electron chi connectivity index (χ3n) is 0.801. The zero-order valence-corrected chi connectivity index (χ0v) is 40.1. The summed E-state index contributed by atoms with van der Waals surface area (Å²) < 4.78 is 34.9. The summed E-state index contributed by atoms with van der Waals surface area (Å²) in [5, 5.41) is 7.94. The van der Waals surface area contributed by atoms with Gasteiger partial charge in [-0.05, 0) is 0 Å². The second kappa shape index (κ2) is 4.90. The Labute approximate surface area is 45.1 Å². The van der Waals surface area contributed by atoms with Crippen LogP contribution in [0.3, 0.4) is 0 Å². The van der Waals surface area contributed by atoms with Crippen LogP contribution in [0.25, 0.3) is 0 Å². The smallest absolute Gasteiger partial charge is 0.302 e. The van der Waals surface area contributed by atoms with Crippen molar-refractivity contribution in [2.24, 2.45) is 0 Å². The first-order chi connectivity index (χ1) is 3.25. The van der Waals surface area contributed by atoms with Crippen molar-refractivity contribution in [3.8, 4) is 0 Å². The summed E-state index contributed by atoms with van der Waals surface area (Å²) in [6, 6.07) is 0. The van der Waals surface area contributed by atoms with Gasteiger partial charge < -0.3 is 5.11 Å². The van der Waals surface area contributed by atoms with Crippen molar-refractivity contribution in [1.29, 1.82) is 0 Å². The molecule has 0 aromatic heterocycles. The molecule has 1 N–H and O–H groups in total. The molecule has 0 saturated heterocycles. The van der Waals surface area contributed by atoms with Crippen LogP contribution < -0.4 is 0 Å². The van der Waals surface area contributed by atoms with E-state index in [4.69, 9.17) is 5.11 Å². The molecule has 1 atom stereocenters. The van der Waals surface area contributed by atoms with Crippen molar-refractivity contribution in [3.05, 3.63) is 0 Å². The molecule has 0 heterocycles. The van der Waals surface area contributed by atoms with E-state index < -0.39 is 11.8 Å². The Bertz CT molecular complexity index is 78.8. The van der Waals surface area contributed by atoms with E-state index in [0.29, 0.717) is 13.8 Å². The van der Waals surface area contributed by atoms with Gasteiger partial charge in [0, 0.05) is 13.8 Å². The van der Waals surface area contributed by atoms with Gasteiger partial charge in [-0.15, -0.1) is 0 Å². The van der Waals surface area contributed by atoms with Crippen LogP contribution in [0, 0.1) is 0 Å².